The predicted octanol–water partition coefficient (Wildman–Crippen LogP) is 6.13. The second-order valence-corrected chi connectivity index (χ2v) is 10.1. The number of hydrogen-bond donors (Lipinski definition) is 1. The molecule has 0 bridgehead atoms. The van der Waals surface area contributed by atoms with Gasteiger partial charge in [0.2, 0.25) is 15.9 Å². The molecule has 162 valence electrons. The molecule has 1 N–H and O–H groups in total. The number of benzene rings is 3. The lowest BCUT2D eigenvalue weighted by Crippen LogP contribution is -2.37. The van der Waals surface area contributed by atoms with Gasteiger partial charge in [0, 0.05) is 21.6 Å². The molecule has 10 heteroatoms. The van der Waals surface area contributed by atoms with Crippen molar-refractivity contribution in [3.8, 4) is 0 Å². The first kappa shape index (κ1) is 23.9. The first-order valence-electron chi connectivity index (χ1n) is 8.91. The van der Waals surface area contributed by atoms with E-state index in [4.69, 9.17) is 46.4 Å². The number of para-hydroxylation sites is 1. The van der Waals surface area contributed by atoms with Gasteiger partial charge in [0.25, 0.3) is 0 Å². The van der Waals surface area contributed by atoms with Crippen LogP contribution < -0.4 is 5.32 Å². The predicted molar refractivity (Wildman–Crippen MR) is 126 cm³/mol. The van der Waals surface area contributed by atoms with Gasteiger partial charge in [-0.05, 0) is 54.1 Å². The van der Waals surface area contributed by atoms with Gasteiger partial charge in [-0.2, -0.15) is 4.31 Å². The van der Waals surface area contributed by atoms with Gasteiger partial charge in [-0.3, -0.25) is 4.79 Å². The molecule has 3 aromatic carbocycles. The van der Waals surface area contributed by atoms with E-state index in [0.29, 0.717) is 26.3 Å². The second-order valence-electron chi connectivity index (χ2n) is 6.49. The number of anilines is 1. The van der Waals surface area contributed by atoms with E-state index in [-0.39, 0.29) is 16.5 Å². The highest BCUT2D eigenvalue weighted by molar-refractivity contribution is 7.89. The van der Waals surface area contributed by atoms with E-state index in [1.54, 1.807) is 36.4 Å². The van der Waals surface area contributed by atoms with Crippen LogP contribution in [0, 0.1) is 0 Å². The van der Waals surface area contributed by atoms with Crippen molar-refractivity contribution in [3.63, 3.8) is 0 Å². The average molecular weight is 518 g/mol. The lowest BCUT2D eigenvalue weighted by Gasteiger charge is -2.23. The van der Waals surface area contributed by atoms with Gasteiger partial charge in [0.05, 0.1) is 22.2 Å². The Morgan fingerprint density at radius 3 is 2.13 bits per heavy atom. The highest BCUT2D eigenvalue weighted by Gasteiger charge is 2.28. The molecule has 3 aromatic rings. The molecule has 1 amide bonds. The number of carbonyl (C=O) groups is 1. The smallest absolute Gasteiger partial charge is 0.243 e. The van der Waals surface area contributed by atoms with Gasteiger partial charge in [-0.25, -0.2) is 8.42 Å². The lowest BCUT2D eigenvalue weighted by atomic mass is 10.2. The van der Waals surface area contributed by atoms with Gasteiger partial charge in [0.1, 0.15) is 0 Å². The molecule has 0 aliphatic rings. The maximum Gasteiger partial charge on any atom is 0.243 e. The van der Waals surface area contributed by atoms with Crippen LogP contribution in [-0.2, 0) is 21.4 Å². The maximum atomic E-state index is 13.3. The van der Waals surface area contributed by atoms with Crippen LogP contribution in [0.1, 0.15) is 5.56 Å². The molecule has 0 unspecified atom stereocenters. The van der Waals surface area contributed by atoms with Gasteiger partial charge >= 0.3 is 0 Å². The van der Waals surface area contributed by atoms with Crippen molar-refractivity contribution >= 4 is 68.0 Å². The van der Waals surface area contributed by atoms with E-state index >= 15 is 0 Å². The fourth-order valence-corrected chi connectivity index (χ4v) is 4.89. The van der Waals surface area contributed by atoms with E-state index < -0.39 is 22.5 Å². The Morgan fingerprint density at radius 2 is 1.48 bits per heavy atom. The van der Waals surface area contributed by atoms with Gasteiger partial charge in [0.15, 0.2) is 0 Å². The van der Waals surface area contributed by atoms with Crippen LogP contribution in [0.2, 0.25) is 20.1 Å². The lowest BCUT2D eigenvalue weighted by molar-refractivity contribution is -0.116. The van der Waals surface area contributed by atoms with Gasteiger partial charge < -0.3 is 5.32 Å². The molecular weight excluding hydrogens is 502 g/mol. The number of amides is 1. The topological polar surface area (TPSA) is 66.5 Å². The van der Waals surface area contributed by atoms with Gasteiger partial charge in [-0.1, -0.05) is 64.6 Å². The molecule has 31 heavy (non-hydrogen) atoms. The van der Waals surface area contributed by atoms with E-state index in [2.05, 4.69) is 5.32 Å². The summed E-state index contributed by atoms with van der Waals surface area (Å²) in [6, 6.07) is 17.1. The first-order chi connectivity index (χ1) is 14.7. The van der Waals surface area contributed by atoms with Crippen molar-refractivity contribution in [2.75, 3.05) is 11.9 Å². The number of nitrogens with zero attached hydrogens (tertiary/aromatic N) is 1. The third-order valence-electron chi connectivity index (χ3n) is 4.28. The summed E-state index contributed by atoms with van der Waals surface area (Å²) in [7, 11) is -4.05. The van der Waals surface area contributed by atoms with Gasteiger partial charge in [-0.15, -0.1) is 0 Å². The van der Waals surface area contributed by atoms with Crippen molar-refractivity contribution in [1.29, 1.82) is 0 Å². The normalized spacial score (nSPS) is 11.5. The number of carbonyl (C=O) groups excluding carboxylic acids is 1. The quantitative estimate of drug-likeness (QED) is 0.410. The zero-order valence-corrected chi connectivity index (χ0v) is 19.7. The molecule has 3 rings (SSSR count). The first-order valence-corrected chi connectivity index (χ1v) is 11.9. The number of halogens is 4. The Kier molecular flexibility index (Phi) is 7.86. The Bertz CT molecular complexity index is 1200. The van der Waals surface area contributed by atoms with Crippen LogP contribution in [0.4, 0.5) is 5.69 Å². The molecule has 0 fully saturated rings. The minimum absolute atomic E-state index is 0.00692. The average Bonchev–Trinajstić information content (AvgIpc) is 2.71. The van der Waals surface area contributed by atoms with Crippen LogP contribution in [0.5, 0.6) is 0 Å². The number of sulfonamides is 1. The monoisotopic (exact) mass is 516 g/mol. The van der Waals surface area contributed by atoms with Crippen molar-refractivity contribution < 1.29 is 13.2 Å². The SMILES string of the molecule is O=C(CN(Cc1ccc(Cl)cc1Cl)S(=O)(=O)c1ccc(Cl)cc1)Nc1ccccc1Cl. The van der Waals surface area contributed by atoms with Crippen molar-refractivity contribution in [2.24, 2.45) is 0 Å². The zero-order chi connectivity index (χ0) is 22.6. The summed E-state index contributed by atoms with van der Waals surface area (Å²) < 4.78 is 27.6. The Labute approximate surface area is 200 Å². The molecule has 0 aliphatic carbocycles. The molecule has 0 radical (unpaired) electrons. The molecule has 0 atom stereocenters. The summed E-state index contributed by atoms with van der Waals surface area (Å²) >= 11 is 24.1. The summed E-state index contributed by atoms with van der Waals surface area (Å²) in [5, 5.41) is 4.06. The molecule has 0 heterocycles. The molecule has 0 spiro atoms. The van der Waals surface area contributed by atoms with Crippen LogP contribution in [0.25, 0.3) is 0 Å². The highest BCUT2D eigenvalue weighted by Crippen LogP contribution is 2.26. The fraction of sp³-hybridized carbons (Fsp3) is 0.0952. The summed E-state index contributed by atoms with van der Waals surface area (Å²) in [4.78, 5) is 12.7. The van der Waals surface area contributed by atoms with Crippen LogP contribution >= 0.6 is 46.4 Å². The van der Waals surface area contributed by atoms with Crippen LogP contribution in [0.15, 0.2) is 71.6 Å². The summed E-state index contributed by atoms with van der Waals surface area (Å²) in [6.07, 6.45) is 0. The van der Waals surface area contributed by atoms with E-state index in [1.165, 1.54) is 30.3 Å². The van der Waals surface area contributed by atoms with E-state index in [1.807, 2.05) is 0 Å². The van der Waals surface area contributed by atoms with Crippen molar-refractivity contribution in [2.45, 2.75) is 11.4 Å². The zero-order valence-electron chi connectivity index (χ0n) is 15.9. The molecule has 5 nitrogen and oxygen atoms in total. The van der Waals surface area contributed by atoms with E-state index in [0.717, 1.165) is 4.31 Å². The number of rotatable bonds is 7. The molecular formula is C21H16Cl4N2O3S. The Balaban J connectivity index is 1.92. The largest absolute Gasteiger partial charge is 0.324 e. The van der Waals surface area contributed by atoms with Crippen LogP contribution in [0.3, 0.4) is 0 Å². The van der Waals surface area contributed by atoms with Crippen molar-refractivity contribution in [1.82, 2.24) is 4.31 Å². The molecule has 0 saturated heterocycles. The summed E-state index contributed by atoms with van der Waals surface area (Å²) in [6.45, 7) is -0.605. The minimum atomic E-state index is -4.05. The standard InChI is InChI=1S/C21H16Cl4N2O3S/c22-15-7-9-17(10-8-15)31(29,30)27(12-14-5-6-16(23)11-19(14)25)13-21(28)26-20-4-2-1-3-18(20)24/h1-11H,12-13H2,(H,26,28). The summed E-state index contributed by atoms with van der Waals surface area (Å²) in [5.41, 5.74) is 0.872. The maximum absolute atomic E-state index is 13.3. The Hall–Kier alpha value is -1.80. The molecule has 0 aliphatic heterocycles. The third-order valence-corrected chi connectivity index (χ3v) is 7.26. The number of hydrogen-bond acceptors (Lipinski definition) is 3. The van der Waals surface area contributed by atoms with Crippen molar-refractivity contribution in [3.05, 3.63) is 92.4 Å². The van der Waals surface area contributed by atoms with E-state index in [9.17, 15) is 13.2 Å². The Morgan fingerprint density at radius 1 is 0.839 bits per heavy atom. The second kappa shape index (κ2) is 10.2. The molecule has 0 saturated carbocycles. The number of nitrogens with one attached hydrogen (secondary N) is 1. The fourth-order valence-electron chi connectivity index (χ4n) is 2.73. The van der Waals surface area contributed by atoms with Crippen LogP contribution in [-0.4, -0.2) is 25.2 Å². The molecule has 0 aromatic heterocycles. The highest BCUT2D eigenvalue weighted by atomic mass is 35.5. The summed E-state index contributed by atoms with van der Waals surface area (Å²) in [5.74, 6) is -0.560. The minimum Gasteiger partial charge on any atom is -0.324 e. The third kappa shape index (κ3) is 6.13.